The molecule has 0 amide bonds. The number of rotatable bonds is 1. The standard InChI is InChI=1S/C10H6BrN3/c11-10-8(6-12)7-13-14(10)9-4-2-1-3-5-9/h1-5,7H. The fourth-order valence-electron chi connectivity index (χ4n) is 1.16. The molecule has 0 radical (unpaired) electrons. The average molecular weight is 248 g/mol. The molecule has 0 atom stereocenters. The molecule has 1 aromatic heterocycles. The van der Waals surface area contributed by atoms with E-state index >= 15 is 0 Å². The van der Waals surface area contributed by atoms with Crippen LogP contribution in [0.3, 0.4) is 0 Å². The molecule has 0 aliphatic carbocycles. The summed E-state index contributed by atoms with van der Waals surface area (Å²) in [5.74, 6) is 0. The number of hydrogen-bond acceptors (Lipinski definition) is 2. The summed E-state index contributed by atoms with van der Waals surface area (Å²) in [7, 11) is 0. The zero-order valence-electron chi connectivity index (χ0n) is 7.18. The Hall–Kier alpha value is -1.60. The van der Waals surface area contributed by atoms with Crippen LogP contribution in [0.25, 0.3) is 5.69 Å². The van der Waals surface area contributed by atoms with E-state index in [-0.39, 0.29) is 0 Å². The minimum atomic E-state index is 0.536. The molecule has 2 rings (SSSR count). The molecular formula is C10H6BrN3. The Morgan fingerprint density at radius 3 is 2.57 bits per heavy atom. The van der Waals surface area contributed by atoms with Crippen molar-refractivity contribution in [2.75, 3.05) is 0 Å². The van der Waals surface area contributed by atoms with Crippen LogP contribution in [-0.4, -0.2) is 9.78 Å². The fraction of sp³-hybridized carbons (Fsp3) is 0. The van der Waals surface area contributed by atoms with Crippen molar-refractivity contribution in [2.24, 2.45) is 0 Å². The van der Waals surface area contributed by atoms with E-state index in [9.17, 15) is 0 Å². The highest BCUT2D eigenvalue weighted by Gasteiger charge is 2.07. The maximum absolute atomic E-state index is 8.75. The van der Waals surface area contributed by atoms with Gasteiger partial charge in [0.15, 0.2) is 0 Å². The van der Waals surface area contributed by atoms with Crippen molar-refractivity contribution in [3.63, 3.8) is 0 Å². The second-order valence-corrected chi connectivity index (χ2v) is 3.46. The van der Waals surface area contributed by atoms with E-state index < -0.39 is 0 Å². The lowest BCUT2D eigenvalue weighted by atomic mass is 10.3. The summed E-state index contributed by atoms with van der Waals surface area (Å²) in [6, 6.07) is 11.7. The van der Waals surface area contributed by atoms with E-state index in [0.717, 1.165) is 5.69 Å². The molecule has 3 nitrogen and oxygen atoms in total. The van der Waals surface area contributed by atoms with Gasteiger partial charge in [0.05, 0.1) is 11.9 Å². The summed E-state index contributed by atoms with van der Waals surface area (Å²) in [5.41, 5.74) is 1.47. The third-order valence-corrected chi connectivity index (χ3v) is 2.59. The number of benzene rings is 1. The first-order valence-corrected chi connectivity index (χ1v) is 4.81. The van der Waals surface area contributed by atoms with Gasteiger partial charge in [-0.3, -0.25) is 0 Å². The largest absolute Gasteiger partial charge is 0.225 e. The second-order valence-electron chi connectivity index (χ2n) is 2.71. The van der Waals surface area contributed by atoms with Crippen LogP contribution in [0.2, 0.25) is 0 Å². The van der Waals surface area contributed by atoms with Crippen LogP contribution in [0.15, 0.2) is 41.1 Å². The lowest BCUT2D eigenvalue weighted by Gasteiger charge is -2.01. The van der Waals surface area contributed by atoms with Crippen molar-refractivity contribution in [3.05, 3.63) is 46.7 Å². The van der Waals surface area contributed by atoms with E-state index in [2.05, 4.69) is 27.1 Å². The van der Waals surface area contributed by atoms with Gasteiger partial charge in [-0.1, -0.05) is 18.2 Å². The number of aromatic nitrogens is 2. The molecule has 0 aliphatic heterocycles. The van der Waals surface area contributed by atoms with Gasteiger partial charge in [-0.15, -0.1) is 0 Å². The van der Waals surface area contributed by atoms with Crippen molar-refractivity contribution < 1.29 is 0 Å². The maximum atomic E-state index is 8.75. The van der Waals surface area contributed by atoms with Gasteiger partial charge < -0.3 is 0 Å². The Morgan fingerprint density at radius 2 is 2.00 bits per heavy atom. The first kappa shape index (κ1) is 8.97. The number of nitriles is 1. The molecular weight excluding hydrogens is 242 g/mol. The SMILES string of the molecule is N#Cc1cnn(-c2ccccc2)c1Br. The van der Waals surface area contributed by atoms with Gasteiger partial charge in [0.25, 0.3) is 0 Å². The van der Waals surface area contributed by atoms with Crippen LogP contribution in [0.1, 0.15) is 5.56 Å². The summed E-state index contributed by atoms with van der Waals surface area (Å²) in [5, 5.41) is 12.8. The van der Waals surface area contributed by atoms with Crippen LogP contribution >= 0.6 is 15.9 Å². The minimum Gasteiger partial charge on any atom is -0.225 e. The number of halogens is 1. The third kappa shape index (κ3) is 1.42. The van der Waals surface area contributed by atoms with E-state index in [1.807, 2.05) is 30.3 Å². The van der Waals surface area contributed by atoms with E-state index in [1.165, 1.54) is 6.20 Å². The van der Waals surface area contributed by atoms with Gasteiger partial charge in [0.2, 0.25) is 0 Å². The molecule has 1 aromatic carbocycles. The van der Waals surface area contributed by atoms with Crippen molar-refractivity contribution >= 4 is 15.9 Å². The monoisotopic (exact) mass is 247 g/mol. The molecule has 0 saturated carbocycles. The van der Waals surface area contributed by atoms with E-state index in [4.69, 9.17) is 5.26 Å². The lowest BCUT2D eigenvalue weighted by molar-refractivity contribution is 0.860. The molecule has 4 heteroatoms. The molecule has 0 aliphatic rings. The predicted molar refractivity (Wildman–Crippen MR) is 56.0 cm³/mol. The Kier molecular flexibility index (Phi) is 2.33. The highest BCUT2D eigenvalue weighted by atomic mass is 79.9. The molecule has 0 bridgehead atoms. The van der Waals surface area contributed by atoms with Crippen LogP contribution in [-0.2, 0) is 0 Å². The first-order chi connectivity index (χ1) is 6.83. The van der Waals surface area contributed by atoms with Crippen molar-refractivity contribution in [1.29, 1.82) is 5.26 Å². The van der Waals surface area contributed by atoms with Gasteiger partial charge in [0, 0.05) is 0 Å². The number of para-hydroxylation sites is 1. The smallest absolute Gasteiger partial charge is 0.127 e. The van der Waals surface area contributed by atoms with Gasteiger partial charge >= 0.3 is 0 Å². The molecule has 0 unspecified atom stereocenters. The normalized spacial score (nSPS) is 9.71. The Bertz CT molecular complexity index is 482. The van der Waals surface area contributed by atoms with Crippen LogP contribution in [0.5, 0.6) is 0 Å². The fourth-order valence-corrected chi connectivity index (χ4v) is 1.65. The maximum Gasteiger partial charge on any atom is 0.127 e. The van der Waals surface area contributed by atoms with E-state index in [0.29, 0.717) is 10.2 Å². The van der Waals surface area contributed by atoms with Gasteiger partial charge in [-0.2, -0.15) is 10.4 Å². The molecule has 68 valence electrons. The second kappa shape index (κ2) is 3.64. The molecule has 0 N–H and O–H groups in total. The summed E-state index contributed by atoms with van der Waals surface area (Å²) in [4.78, 5) is 0. The zero-order valence-corrected chi connectivity index (χ0v) is 8.77. The molecule has 1 heterocycles. The van der Waals surface area contributed by atoms with Crippen molar-refractivity contribution in [3.8, 4) is 11.8 Å². The molecule has 0 spiro atoms. The van der Waals surface area contributed by atoms with Gasteiger partial charge in [-0.25, -0.2) is 4.68 Å². The quantitative estimate of drug-likeness (QED) is 0.777. The molecule has 14 heavy (non-hydrogen) atoms. The summed E-state index contributed by atoms with van der Waals surface area (Å²) in [6.45, 7) is 0. The summed E-state index contributed by atoms with van der Waals surface area (Å²) >= 11 is 3.33. The highest BCUT2D eigenvalue weighted by molar-refractivity contribution is 9.10. The Morgan fingerprint density at radius 1 is 1.29 bits per heavy atom. The minimum absolute atomic E-state index is 0.536. The molecule has 2 aromatic rings. The van der Waals surface area contributed by atoms with Crippen LogP contribution in [0, 0.1) is 11.3 Å². The topological polar surface area (TPSA) is 41.6 Å². The Labute approximate surface area is 89.7 Å². The summed E-state index contributed by atoms with van der Waals surface area (Å²) in [6.07, 6.45) is 1.54. The van der Waals surface area contributed by atoms with Crippen molar-refractivity contribution in [1.82, 2.24) is 9.78 Å². The molecule has 0 fully saturated rings. The molecule has 0 saturated heterocycles. The highest BCUT2D eigenvalue weighted by Crippen LogP contribution is 2.19. The summed E-state index contributed by atoms with van der Waals surface area (Å²) < 4.78 is 2.37. The van der Waals surface area contributed by atoms with E-state index in [1.54, 1.807) is 4.68 Å². The lowest BCUT2D eigenvalue weighted by Crippen LogP contribution is -1.95. The van der Waals surface area contributed by atoms with Crippen molar-refractivity contribution in [2.45, 2.75) is 0 Å². The zero-order chi connectivity index (χ0) is 9.97. The predicted octanol–water partition coefficient (Wildman–Crippen LogP) is 2.51. The number of nitrogens with zero attached hydrogens (tertiary/aromatic N) is 3. The first-order valence-electron chi connectivity index (χ1n) is 4.02. The van der Waals surface area contributed by atoms with Crippen LogP contribution < -0.4 is 0 Å². The van der Waals surface area contributed by atoms with Gasteiger partial charge in [0.1, 0.15) is 16.2 Å². The van der Waals surface area contributed by atoms with Gasteiger partial charge in [-0.05, 0) is 28.1 Å². The van der Waals surface area contributed by atoms with Crippen LogP contribution in [0.4, 0.5) is 0 Å². The Balaban J connectivity index is 2.54. The number of hydrogen-bond donors (Lipinski definition) is 0. The third-order valence-electron chi connectivity index (χ3n) is 1.83. The average Bonchev–Trinajstić information content (AvgIpc) is 2.61.